The van der Waals surface area contributed by atoms with Crippen LogP contribution >= 0.6 is 0 Å². The molecule has 0 aromatic carbocycles. The predicted molar refractivity (Wildman–Crippen MR) is 72.4 cm³/mol. The first-order valence-corrected chi connectivity index (χ1v) is 6.59. The second-order valence-corrected chi connectivity index (χ2v) is 5.91. The molecule has 4 nitrogen and oxygen atoms in total. The Morgan fingerprint density at radius 2 is 1.82 bits per heavy atom. The molecule has 5 N–H and O–H groups in total. The van der Waals surface area contributed by atoms with Crippen LogP contribution in [0.1, 0.15) is 59.3 Å². The summed E-state index contributed by atoms with van der Waals surface area (Å²) in [4.78, 5) is 0. The van der Waals surface area contributed by atoms with Gasteiger partial charge in [-0.25, -0.2) is 0 Å². The van der Waals surface area contributed by atoms with Gasteiger partial charge in [0, 0.05) is 0 Å². The van der Waals surface area contributed by atoms with E-state index in [9.17, 15) is 0 Å². The van der Waals surface area contributed by atoms with Crippen LogP contribution in [0.15, 0.2) is 5.10 Å². The molecular weight excluding hydrogens is 212 g/mol. The Balaban J connectivity index is 2.58. The highest BCUT2D eigenvalue weighted by Crippen LogP contribution is 2.40. The lowest BCUT2D eigenvalue weighted by atomic mass is 9.69. The fourth-order valence-corrected chi connectivity index (χ4v) is 2.89. The van der Waals surface area contributed by atoms with Crippen LogP contribution in [-0.2, 0) is 0 Å². The summed E-state index contributed by atoms with van der Waals surface area (Å²) in [5, 5.41) is 6.81. The summed E-state index contributed by atoms with van der Waals surface area (Å²) in [5.41, 5.74) is 12.0. The molecule has 0 unspecified atom stereocenters. The third kappa shape index (κ3) is 4.75. The number of hydrogen-bond acceptors (Lipinski definition) is 1. The molecule has 1 aliphatic rings. The largest absolute Gasteiger partial charge is 0.362 e. The summed E-state index contributed by atoms with van der Waals surface area (Å²) < 4.78 is 0. The number of hydrogen-bond donors (Lipinski definition) is 3. The van der Waals surface area contributed by atoms with Gasteiger partial charge in [-0.05, 0) is 37.5 Å². The van der Waals surface area contributed by atoms with Gasteiger partial charge in [0.25, 0.3) is 0 Å². The van der Waals surface area contributed by atoms with E-state index < -0.39 is 0 Å². The fraction of sp³-hybridized carbons (Fsp3) is 0.846. The summed E-state index contributed by atoms with van der Waals surface area (Å²) in [7, 11) is 0. The zero-order valence-electron chi connectivity index (χ0n) is 11.4. The van der Waals surface area contributed by atoms with Gasteiger partial charge in [0.1, 0.15) is 0 Å². The molecule has 0 aromatic heterocycles. The standard InChI is InChI=1S/C13H26N4/c1-10(16-17-12(14)15)9-13(2,3)11-7-5-4-6-8-11/h11H,4-9H2,1-3H3,(H4,14,15,17)/p+1. The quantitative estimate of drug-likeness (QED) is 0.384. The molecule has 0 aliphatic heterocycles. The first-order valence-electron chi connectivity index (χ1n) is 6.59. The Hall–Kier alpha value is -1.06. The van der Waals surface area contributed by atoms with Crippen LogP contribution in [0.3, 0.4) is 0 Å². The Bertz CT molecular complexity index is 295. The zero-order valence-corrected chi connectivity index (χ0v) is 11.4. The van der Waals surface area contributed by atoms with Crippen molar-refractivity contribution in [3.63, 3.8) is 0 Å². The summed E-state index contributed by atoms with van der Waals surface area (Å²) in [6, 6.07) is 0. The molecule has 0 heterocycles. The highest BCUT2D eigenvalue weighted by atomic mass is 15.3. The maximum absolute atomic E-state index is 5.32. The van der Waals surface area contributed by atoms with E-state index in [1.54, 1.807) is 0 Å². The van der Waals surface area contributed by atoms with E-state index in [1.165, 1.54) is 32.1 Å². The van der Waals surface area contributed by atoms with Gasteiger partial charge >= 0.3 is 5.96 Å². The van der Waals surface area contributed by atoms with Crippen LogP contribution in [0, 0.1) is 11.3 Å². The molecule has 17 heavy (non-hydrogen) atoms. The monoisotopic (exact) mass is 239 g/mol. The van der Waals surface area contributed by atoms with E-state index in [1.807, 2.05) is 6.92 Å². The van der Waals surface area contributed by atoms with Crippen LogP contribution in [0.2, 0.25) is 0 Å². The molecule has 1 rings (SSSR count). The Kier molecular flexibility index (Phi) is 4.97. The minimum Gasteiger partial charge on any atom is -0.289 e. The van der Waals surface area contributed by atoms with Gasteiger partial charge in [-0.3, -0.25) is 11.5 Å². The number of nitrogens with zero attached hydrogens (tertiary/aromatic N) is 1. The second kappa shape index (κ2) is 6.03. The van der Waals surface area contributed by atoms with Crippen LogP contribution in [0.25, 0.3) is 0 Å². The molecule has 0 radical (unpaired) electrons. The van der Waals surface area contributed by atoms with Gasteiger partial charge in [0.05, 0.1) is 5.71 Å². The van der Waals surface area contributed by atoms with Crippen LogP contribution in [0.5, 0.6) is 0 Å². The van der Waals surface area contributed by atoms with Crippen molar-refractivity contribution >= 4 is 11.7 Å². The summed E-state index contributed by atoms with van der Waals surface area (Å²) in [6.45, 7) is 6.72. The van der Waals surface area contributed by atoms with Gasteiger partial charge in [-0.15, -0.1) is 5.10 Å². The van der Waals surface area contributed by atoms with Crippen molar-refractivity contribution in [2.24, 2.45) is 27.9 Å². The first kappa shape index (κ1) is 14.0. The molecule has 1 fully saturated rings. The highest BCUT2D eigenvalue weighted by molar-refractivity contribution is 5.82. The average molecular weight is 239 g/mol. The zero-order chi connectivity index (χ0) is 12.9. The van der Waals surface area contributed by atoms with Crippen molar-refractivity contribution in [3.8, 4) is 0 Å². The molecule has 0 bridgehead atoms. The predicted octanol–water partition coefficient (Wildman–Crippen LogP) is 0.713. The second-order valence-electron chi connectivity index (χ2n) is 5.91. The summed E-state index contributed by atoms with van der Waals surface area (Å²) in [5.74, 6) is 0.973. The van der Waals surface area contributed by atoms with E-state index in [2.05, 4.69) is 24.1 Å². The molecule has 98 valence electrons. The molecule has 1 aliphatic carbocycles. The molecule has 0 amide bonds. The number of guanidine groups is 1. The molecule has 0 atom stereocenters. The van der Waals surface area contributed by atoms with Crippen molar-refractivity contribution in [2.45, 2.75) is 59.3 Å². The molecule has 1 saturated carbocycles. The topological polar surface area (TPSA) is 78.4 Å². The summed E-state index contributed by atoms with van der Waals surface area (Å²) in [6.07, 6.45) is 7.88. The molecular formula is C13H27N4+. The van der Waals surface area contributed by atoms with E-state index in [4.69, 9.17) is 11.5 Å². The highest BCUT2D eigenvalue weighted by Gasteiger charge is 2.31. The van der Waals surface area contributed by atoms with E-state index in [-0.39, 0.29) is 5.96 Å². The van der Waals surface area contributed by atoms with Gasteiger partial charge < -0.3 is 0 Å². The number of nitrogens with two attached hydrogens (primary N) is 2. The first-order chi connectivity index (χ1) is 7.92. The average Bonchev–Trinajstić information content (AvgIpc) is 2.27. The smallest absolute Gasteiger partial charge is 0.289 e. The van der Waals surface area contributed by atoms with Crippen molar-refractivity contribution in [3.05, 3.63) is 0 Å². The maximum atomic E-state index is 5.32. The normalized spacial score (nSPS) is 19.1. The van der Waals surface area contributed by atoms with Crippen LogP contribution < -0.4 is 16.6 Å². The third-order valence-corrected chi connectivity index (χ3v) is 3.80. The molecule has 4 heteroatoms. The van der Waals surface area contributed by atoms with Crippen molar-refractivity contribution < 1.29 is 5.10 Å². The minimum atomic E-state index is 0.153. The van der Waals surface area contributed by atoms with Gasteiger partial charge in [-0.1, -0.05) is 33.1 Å². The number of hydrazone groups is 1. The van der Waals surface area contributed by atoms with Gasteiger partial charge in [-0.2, -0.15) is 5.10 Å². The molecule has 0 aromatic rings. The Morgan fingerprint density at radius 1 is 1.24 bits per heavy atom. The lowest BCUT2D eigenvalue weighted by molar-refractivity contribution is -0.464. The Labute approximate surface area is 105 Å². The lowest BCUT2D eigenvalue weighted by Crippen LogP contribution is -2.72. The van der Waals surface area contributed by atoms with Crippen molar-refractivity contribution in [1.82, 2.24) is 0 Å². The minimum absolute atomic E-state index is 0.153. The van der Waals surface area contributed by atoms with Gasteiger partial charge in [0.2, 0.25) is 0 Å². The molecule has 0 saturated heterocycles. The fourth-order valence-electron chi connectivity index (χ4n) is 2.89. The third-order valence-electron chi connectivity index (χ3n) is 3.80. The van der Waals surface area contributed by atoms with Gasteiger partial charge in [0.15, 0.2) is 0 Å². The Morgan fingerprint density at radius 3 is 2.35 bits per heavy atom. The van der Waals surface area contributed by atoms with E-state index in [0.717, 1.165) is 18.1 Å². The van der Waals surface area contributed by atoms with Crippen LogP contribution in [0.4, 0.5) is 0 Å². The number of rotatable bonds is 4. The van der Waals surface area contributed by atoms with E-state index >= 15 is 0 Å². The van der Waals surface area contributed by atoms with Crippen molar-refractivity contribution in [1.29, 1.82) is 0 Å². The van der Waals surface area contributed by atoms with E-state index in [0.29, 0.717) is 5.41 Å². The maximum Gasteiger partial charge on any atom is 0.362 e. The van der Waals surface area contributed by atoms with Crippen molar-refractivity contribution in [2.75, 3.05) is 0 Å². The summed E-state index contributed by atoms with van der Waals surface area (Å²) >= 11 is 0. The molecule has 0 spiro atoms. The van der Waals surface area contributed by atoms with Crippen LogP contribution in [-0.4, -0.2) is 11.7 Å². The SMILES string of the molecule is CC(CC(C)(C)C1CCCCC1)=N[NH+]=C(N)N. The lowest BCUT2D eigenvalue weighted by Gasteiger charge is -2.37. The number of nitrogens with one attached hydrogen (secondary N) is 1.